The first-order chi connectivity index (χ1) is 16.6. The lowest BCUT2D eigenvalue weighted by Gasteiger charge is -2.38. The van der Waals surface area contributed by atoms with E-state index in [1.165, 1.54) is 0 Å². The first kappa shape index (κ1) is 25.3. The van der Waals surface area contributed by atoms with E-state index in [0.29, 0.717) is 40.5 Å². The van der Waals surface area contributed by atoms with Gasteiger partial charge in [0.15, 0.2) is 5.78 Å². The lowest BCUT2D eigenvalue weighted by Crippen LogP contribution is -2.35. The maximum Gasteiger partial charge on any atom is 0.340 e. The van der Waals surface area contributed by atoms with Crippen LogP contribution in [0.2, 0.25) is 5.02 Å². The summed E-state index contributed by atoms with van der Waals surface area (Å²) in [5.41, 5.74) is 8.09. The number of halogens is 2. The minimum absolute atomic E-state index is 0.0543. The number of ketones is 1. The molecular formula is C27H27BrClNO5. The number of nitrogens with two attached hydrogens (primary N) is 1. The van der Waals surface area contributed by atoms with Crippen LogP contribution in [0.3, 0.4) is 0 Å². The van der Waals surface area contributed by atoms with Crippen molar-refractivity contribution >= 4 is 39.3 Å². The van der Waals surface area contributed by atoms with Gasteiger partial charge in [0.05, 0.1) is 12.5 Å². The van der Waals surface area contributed by atoms with Crippen molar-refractivity contribution in [2.24, 2.45) is 11.1 Å². The Labute approximate surface area is 218 Å². The third-order valence-electron chi connectivity index (χ3n) is 6.04. The van der Waals surface area contributed by atoms with E-state index < -0.39 is 11.9 Å². The highest BCUT2D eigenvalue weighted by Crippen LogP contribution is 2.50. The highest BCUT2D eigenvalue weighted by Gasteiger charge is 2.46. The Bertz CT molecular complexity index is 1230. The molecule has 2 aromatic rings. The molecule has 2 aromatic carbocycles. The predicted octanol–water partition coefficient (Wildman–Crippen LogP) is 6.17. The molecule has 35 heavy (non-hydrogen) atoms. The quantitative estimate of drug-likeness (QED) is 0.425. The van der Waals surface area contributed by atoms with Gasteiger partial charge in [-0.25, -0.2) is 4.79 Å². The van der Waals surface area contributed by atoms with E-state index in [0.717, 1.165) is 10.0 Å². The Balaban J connectivity index is 1.83. The monoisotopic (exact) mass is 559 g/mol. The zero-order valence-corrected chi connectivity index (χ0v) is 22.2. The van der Waals surface area contributed by atoms with Gasteiger partial charge in [-0.15, -0.1) is 0 Å². The zero-order valence-electron chi connectivity index (χ0n) is 19.8. The molecule has 0 spiro atoms. The van der Waals surface area contributed by atoms with Crippen LogP contribution in [0.25, 0.3) is 0 Å². The fraction of sp³-hybridized carbons (Fsp3) is 0.333. The zero-order chi connectivity index (χ0) is 25.3. The summed E-state index contributed by atoms with van der Waals surface area (Å²) in [6.07, 6.45) is 0.854. The lowest BCUT2D eigenvalue weighted by molar-refractivity contribution is -0.139. The predicted molar refractivity (Wildman–Crippen MR) is 137 cm³/mol. The summed E-state index contributed by atoms with van der Waals surface area (Å²) >= 11 is 9.53. The van der Waals surface area contributed by atoms with Crippen LogP contribution in [0.4, 0.5) is 0 Å². The van der Waals surface area contributed by atoms with E-state index in [9.17, 15) is 9.59 Å². The van der Waals surface area contributed by atoms with Crippen molar-refractivity contribution in [3.05, 3.63) is 85.9 Å². The largest absolute Gasteiger partial charge is 0.489 e. The second kappa shape index (κ2) is 10.1. The van der Waals surface area contributed by atoms with E-state index in [1.807, 2.05) is 38.1 Å². The number of carbonyl (C=O) groups is 2. The SMILES string of the molecule is CCOC(=O)C1=C(N)OC2=C(C(=O)CC(C)(C)C2)C1c1cc(Br)ccc1OCc1ccc(Cl)cc1. The Morgan fingerprint density at radius 3 is 2.60 bits per heavy atom. The normalized spacial score (nSPS) is 19.2. The molecule has 1 atom stereocenters. The van der Waals surface area contributed by atoms with Gasteiger partial charge in [0.25, 0.3) is 0 Å². The summed E-state index contributed by atoms with van der Waals surface area (Å²) in [5.74, 6) is -0.526. The van der Waals surface area contributed by atoms with Crippen molar-refractivity contribution in [3.63, 3.8) is 0 Å². The molecule has 4 rings (SSSR count). The van der Waals surface area contributed by atoms with E-state index >= 15 is 0 Å². The molecule has 1 heterocycles. The molecule has 1 aliphatic heterocycles. The number of ether oxygens (including phenoxy) is 3. The number of Topliss-reactive ketones (excluding diaryl/α,β-unsaturated/α-hetero) is 1. The van der Waals surface area contributed by atoms with Gasteiger partial charge in [0.1, 0.15) is 23.7 Å². The number of carbonyl (C=O) groups excluding carboxylic acids is 2. The second-order valence-corrected chi connectivity index (χ2v) is 10.8. The Hall–Kier alpha value is -2.77. The number of benzene rings is 2. The summed E-state index contributed by atoms with van der Waals surface area (Å²) < 4.78 is 18.2. The Morgan fingerprint density at radius 2 is 1.91 bits per heavy atom. The van der Waals surface area contributed by atoms with Crippen LogP contribution in [0, 0.1) is 5.41 Å². The molecule has 1 aliphatic carbocycles. The molecule has 0 bridgehead atoms. The highest BCUT2D eigenvalue weighted by molar-refractivity contribution is 9.10. The average molecular weight is 561 g/mol. The standard InChI is InChI=1S/C27H27BrClNO5/c1-4-33-26(32)24-22(23-19(31)12-27(2,3)13-21(23)35-25(24)30)18-11-16(28)7-10-20(18)34-14-15-5-8-17(29)9-6-15/h5-11,22H,4,12-14,30H2,1-3H3. The Kier molecular flexibility index (Phi) is 7.29. The fourth-order valence-electron chi connectivity index (χ4n) is 4.52. The summed E-state index contributed by atoms with van der Waals surface area (Å²) in [7, 11) is 0. The summed E-state index contributed by atoms with van der Waals surface area (Å²) in [6, 6.07) is 12.8. The molecule has 184 valence electrons. The molecule has 0 radical (unpaired) electrons. The highest BCUT2D eigenvalue weighted by atomic mass is 79.9. The van der Waals surface area contributed by atoms with E-state index in [2.05, 4.69) is 15.9 Å². The van der Waals surface area contributed by atoms with Crippen LogP contribution in [0.15, 0.2) is 69.7 Å². The molecule has 0 saturated heterocycles. The van der Waals surface area contributed by atoms with Crippen molar-refractivity contribution < 1.29 is 23.8 Å². The van der Waals surface area contributed by atoms with Crippen LogP contribution in [0.5, 0.6) is 5.75 Å². The fourth-order valence-corrected chi connectivity index (χ4v) is 5.03. The molecule has 1 unspecified atom stereocenters. The van der Waals surface area contributed by atoms with Gasteiger partial charge in [0, 0.05) is 33.5 Å². The summed E-state index contributed by atoms with van der Waals surface area (Å²) in [5, 5.41) is 0.637. The smallest absolute Gasteiger partial charge is 0.340 e. The molecule has 0 fully saturated rings. The van der Waals surface area contributed by atoms with Gasteiger partial charge in [0.2, 0.25) is 5.88 Å². The van der Waals surface area contributed by atoms with Crippen LogP contribution in [-0.2, 0) is 25.7 Å². The summed E-state index contributed by atoms with van der Waals surface area (Å²) in [6.45, 7) is 6.16. The third kappa shape index (κ3) is 5.41. The first-order valence-corrected chi connectivity index (χ1v) is 12.5. The molecule has 0 amide bonds. The van der Waals surface area contributed by atoms with Crippen LogP contribution >= 0.6 is 27.5 Å². The first-order valence-electron chi connectivity index (χ1n) is 11.4. The van der Waals surface area contributed by atoms with Gasteiger partial charge in [-0.3, -0.25) is 4.79 Å². The van der Waals surface area contributed by atoms with Crippen LogP contribution < -0.4 is 10.5 Å². The summed E-state index contributed by atoms with van der Waals surface area (Å²) in [4.78, 5) is 26.5. The van der Waals surface area contributed by atoms with Crippen LogP contribution in [0.1, 0.15) is 50.7 Å². The maximum absolute atomic E-state index is 13.4. The van der Waals surface area contributed by atoms with Gasteiger partial charge in [-0.05, 0) is 48.2 Å². The van der Waals surface area contributed by atoms with E-state index in [4.69, 9.17) is 31.5 Å². The molecule has 8 heteroatoms. The van der Waals surface area contributed by atoms with Crippen molar-refractivity contribution in [3.8, 4) is 5.75 Å². The molecular weight excluding hydrogens is 534 g/mol. The third-order valence-corrected chi connectivity index (χ3v) is 6.79. The topological polar surface area (TPSA) is 87.9 Å². The van der Waals surface area contributed by atoms with E-state index in [1.54, 1.807) is 25.1 Å². The average Bonchev–Trinajstić information content (AvgIpc) is 2.77. The van der Waals surface area contributed by atoms with Gasteiger partial charge >= 0.3 is 5.97 Å². The Morgan fingerprint density at radius 1 is 1.20 bits per heavy atom. The lowest BCUT2D eigenvalue weighted by atomic mass is 9.70. The number of allylic oxidation sites excluding steroid dienone is 2. The minimum Gasteiger partial charge on any atom is -0.489 e. The van der Waals surface area contributed by atoms with Crippen molar-refractivity contribution in [1.29, 1.82) is 0 Å². The number of hydrogen-bond donors (Lipinski definition) is 1. The van der Waals surface area contributed by atoms with Crippen LogP contribution in [-0.4, -0.2) is 18.4 Å². The van der Waals surface area contributed by atoms with Crippen molar-refractivity contribution in [2.45, 2.75) is 46.1 Å². The van der Waals surface area contributed by atoms with Crippen molar-refractivity contribution in [2.75, 3.05) is 6.61 Å². The van der Waals surface area contributed by atoms with Gasteiger partial charge in [-0.2, -0.15) is 0 Å². The van der Waals surface area contributed by atoms with Gasteiger partial charge in [-0.1, -0.05) is 53.5 Å². The van der Waals surface area contributed by atoms with Gasteiger partial charge < -0.3 is 19.9 Å². The molecule has 6 nitrogen and oxygen atoms in total. The van der Waals surface area contributed by atoms with Crippen molar-refractivity contribution in [1.82, 2.24) is 0 Å². The maximum atomic E-state index is 13.4. The number of rotatable bonds is 6. The molecule has 2 N–H and O–H groups in total. The number of esters is 1. The number of hydrogen-bond acceptors (Lipinski definition) is 6. The molecule has 0 aromatic heterocycles. The molecule has 2 aliphatic rings. The molecule has 0 saturated carbocycles. The minimum atomic E-state index is -0.779. The van der Waals surface area contributed by atoms with E-state index in [-0.39, 0.29) is 35.9 Å². The second-order valence-electron chi connectivity index (χ2n) is 9.41.